The number of pyridine rings is 1. The van der Waals surface area contributed by atoms with E-state index in [2.05, 4.69) is 9.72 Å². The van der Waals surface area contributed by atoms with E-state index < -0.39 is 41.9 Å². The summed E-state index contributed by atoms with van der Waals surface area (Å²) in [6, 6.07) is 0.403. The van der Waals surface area contributed by atoms with Crippen LogP contribution in [0.25, 0.3) is 0 Å². The molecule has 17 heavy (non-hydrogen) atoms. The van der Waals surface area contributed by atoms with Gasteiger partial charge in [0, 0.05) is 0 Å². The van der Waals surface area contributed by atoms with Gasteiger partial charge in [0.1, 0.15) is 11.4 Å². The number of ether oxygens (including phenoxy) is 1. The Labute approximate surface area is 92.8 Å². The molecule has 0 aliphatic rings. The summed E-state index contributed by atoms with van der Waals surface area (Å²) >= 11 is 0. The lowest BCUT2D eigenvalue weighted by molar-refractivity contribution is -0.139. The molecule has 1 aromatic rings. The van der Waals surface area contributed by atoms with Gasteiger partial charge < -0.3 is 9.84 Å². The summed E-state index contributed by atoms with van der Waals surface area (Å²) in [6.07, 6.45) is -7.88. The number of methoxy groups -OCH3 is 1. The van der Waals surface area contributed by atoms with Crippen LogP contribution >= 0.6 is 0 Å². The summed E-state index contributed by atoms with van der Waals surface area (Å²) < 4.78 is 66.8. The molecule has 8 heteroatoms. The van der Waals surface area contributed by atoms with Gasteiger partial charge in [0.15, 0.2) is 0 Å². The molecule has 0 radical (unpaired) electrons. The van der Waals surface area contributed by atoms with Crippen LogP contribution in [0.15, 0.2) is 6.07 Å². The zero-order valence-electron chi connectivity index (χ0n) is 8.55. The maximum atomic E-state index is 12.5. The minimum absolute atomic E-state index is 0.403. The van der Waals surface area contributed by atoms with Crippen LogP contribution in [-0.4, -0.2) is 17.2 Å². The van der Waals surface area contributed by atoms with Gasteiger partial charge in [-0.25, -0.2) is 13.8 Å². The van der Waals surface area contributed by atoms with Crippen molar-refractivity contribution in [3.8, 4) is 5.75 Å². The van der Waals surface area contributed by atoms with Gasteiger partial charge in [0.2, 0.25) is 0 Å². The third kappa shape index (κ3) is 2.82. The molecule has 1 heterocycles. The fourth-order valence-electron chi connectivity index (χ4n) is 1.23. The van der Waals surface area contributed by atoms with Crippen LogP contribution in [0.3, 0.4) is 0 Å². The summed E-state index contributed by atoms with van der Waals surface area (Å²) in [5.41, 5.74) is -3.07. The Morgan fingerprint density at radius 3 is 2.35 bits per heavy atom. The Bertz CT molecular complexity index is 405. The highest BCUT2D eigenvalue weighted by atomic mass is 19.4. The number of aromatic nitrogens is 1. The first-order valence-electron chi connectivity index (χ1n) is 4.35. The number of hydrogen-bond acceptors (Lipinski definition) is 3. The molecule has 1 aromatic heterocycles. The van der Waals surface area contributed by atoms with Crippen molar-refractivity contribution in [3.63, 3.8) is 0 Å². The van der Waals surface area contributed by atoms with Crippen LogP contribution in [0, 0.1) is 0 Å². The minimum atomic E-state index is -4.79. The molecule has 0 bridgehead atoms. The number of nitrogens with zero attached hydrogens (tertiary/aromatic N) is 1. The van der Waals surface area contributed by atoms with E-state index in [0.717, 1.165) is 7.11 Å². The number of hydrogen-bond donors (Lipinski definition) is 1. The Morgan fingerprint density at radius 1 is 1.41 bits per heavy atom. The third-order valence-corrected chi connectivity index (χ3v) is 1.98. The summed E-state index contributed by atoms with van der Waals surface area (Å²) in [5, 5.41) is 8.70. The van der Waals surface area contributed by atoms with Gasteiger partial charge in [0.05, 0.1) is 25.0 Å². The molecule has 0 spiro atoms. The molecule has 0 aromatic carbocycles. The summed E-state index contributed by atoms with van der Waals surface area (Å²) in [4.78, 5) is 3.08. The largest absolute Gasteiger partial charge is 0.495 e. The zero-order valence-corrected chi connectivity index (χ0v) is 8.55. The predicted molar refractivity (Wildman–Crippen MR) is 46.7 cm³/mol. The van der Waals surface area contributed by atoms with E-state index in [-0.39, 0.29) is 0 Å². The molecule has 96 valence electrons. The fourth-order valence-corrected chi connectivity index (χ4v) is 1.23. The summed E-state index contributed by atoms with van der Waals surface area (Å²) in [7, 11) is 0.960. The molecule has 0 atom stereocenters. The van der Waals surface area contributed by atoms with E-state index >= 15 is 0 Å². The lowest BCUT2D eigenvalue weighted by Gasteiger charge is -2.15. The van der Waals surface area contributed by atoms with E-state index in [1.54, 1.807) is 0 Å². The fraction of sp³-hybridized carbons (Fsp3) is 0.444. The van der Waals surface area contributed by atoms with Crippen molar-refractivity contribution < 1.29 is 31.8 Å². The van der Waals surface area contributed by atoms with Crippen molar-refractivity contribution in [2.75, 3.05) is 7.11 Å². The maximum Gasteiger partial charge on any atom is 0.418 e. The minimum Gasteiger partial charge on any atom is -0.495 e. The number of halogens is 5. The lowest BCUT2D eigenvalue weighted by Crippen LogP contribution is -2.13. The number of alkyl halides is 5. The van der Waals surface area contributed by atoms with Crippen molar-refractivity contribution in [1.82, 2.24) is 4.98 Å². The second kappa shape index (κ2) is 4.82. The molecular weight excluding hydrogens is 249 g/mol. The van der Waals surface area contributed by atoms with Crippen LogP contribution in [0.1, 0.15) is 23.4 Å². The number of aliphatic hydroxyl groups is 1. The van der Waals surface area contributed by atoms with Gasteiger partial charge >= 0.3 is 6.18 Å². The van der Waals surface area contributed by atoms with Gasteiger partial charge in [-0.05, 0) is 6.07 Å². The summed E-state index contributed by atoms with van der Waals surface area (Å²) in [6.45, 7) is -1.08. The van der Waals surface area contributed by atoms with E-state index in [1.165, 1.54) is 0 Å². The van der Waals surface area contributed by atoms with Crippen LogP contribution in [0.5, 0.6) is 5.75 Å². The SMILES string of the molecule is COc1cc(C(F)(F)F)c(CO)nc1C(F)F. The molecule has 3 nitrogen and oxygen atoms in total. The van der Waals surface area contributed by atoms with E-state index in [9.17, 15) is 22.0 Å². The molecule has 0 aliphatic carbocycles. The quantitative estimate of drug-likeness (QED) is 0.846. The summed E-state index contributed by atoms with van der Waals surface area (Å²) in [5.74, 6) is -0.662. The lowest BCUT2D eigenvalue weighted by atomic mass is 10.1. The van der Waals surface area contributed by atoms with E-state index in [1.807, 2.05) is 0 Å². The molecule has 0 amide bonds. The standard InChI is InChI=1S/C9H8F5NO2/c1-17-6-2-4(9(12,13)14)5(3-16)15-7(6)8(10)11/h2,8,16H,3H2,1H3. The smallest absolute Gasteiger partial charge is 0.418 e. The average Bonchev–Trinajstić information content (AvgIpc) is 2.25. The van der Waals surface area contributed by atoms with Crippen LogP contribution in [0.2, 0.25) is 0 Å². The Morgan fingerprint density at radius 2 is 2.00 bits per heavy atom. The van der Waals surface area contributed by atoms with Gasteiger partial charge in [-0.2, -0.15) is 13.2 Å². The maximum absolute atomic E-state index is 12.5. The first-order chi connectivity index (χ1) is 7.81. The molecule has 0 fully saturated rings. The van der Waals surface area contributed by atoms with Crippen LogP contribution in [0.4, 0.5) is 22.0 Å². The van der Waals surface area contributed by atoms with Crippen molar-refractivity contribution >= 4 is 0 Å². The normalized spacial score (nSPS) is 12.0. The highest BCUT2D eigenvalue weighted by Gasteiger charge is 2.36. The molecule has 0 aliphatic heterocycles. The first kappa shape index (κ1) is 13.6. The van der Waals surface area contributed by atoms with Crippen molar-refractivity contribution in [3.05, 3.63) is 23.0 Å². The second-order valence-electron chi connectivity index (χ2n) is 3.03. The Hall–Kier alpha value is -1.44. The molecule has 1 N–H and O–H groups in total. The van der Waals surface area contributed by atoms with E-state index in [4.69, 9.17) is 5.11 Å². The molecule has 0 unspecified atom stereocenters. The molecular formula is C9H8F5NO2. The second-order valence-corrected chi connectivity index (χ2v) is 3.03. The zero-order chi connectivity index (χ0) is 13.2. The van der Waals surface area contributed by atoms with Crippen LogP contribution in [-0.2, 0) is 12.8 Å². The molecule has 0 saturated heterocycles. The monoisotopic (exact) mass is 257 g/mol. The highest BCUT2D eigenvalue weighted by molar-refractivity contribution is 5.37. The first-order valence-corrected chi connectivity index (χ1v) is 4.35. The van der Waals surface area contributed by atoms with Crippen LogP contribution < -0.4 is 4.74 Å². The highest BCUT2D eigenvalue weighted by Crippen LogP contribution is 2.37. The van der Waals surface area contributed by atoms with Gasteiger partial charge in [-0.3, -0.25) is 0 Å². The van der Waals surface area contributed by atoms with E-state index in [0.29, 0.717) is 6.07 Å². The van der Waals surface area contributed by atoms with Gasteiger partial charge in [-0.15, -0.1) is 0 Å². The van der Waals surface area contributed by atoms with Crippen molar-refractivity contribution in [1.29, 1.82) is 0 Å². The topological polar surface area (TPSA) is 42.4 Å². The Kier molecular flexibility index (Phi) is 3.87. The predicted octanol–water partition coefficient (Wildman–Crippen LogP) is 2.54. The van der Waals surface area contributed by atoms with Gasteiger partial charge in [-0.1, -0.05) is 0 Å². The number of rotatable bonds is 3. The third-order valence-electron chi connectivity index (χ3n) is 1.98. The average molecular weight is 257 g/mol. The number of aliphatic hydroxyl groups excluding tert-OH is 1. The van der Waals surface area contributed by atoms with Crippen molar-refractivity contribution in [2.24, 2.45) is 0 Å². The molecule has 0 saturated carbocycles. The van der Waals surface area contributed by atoms with Gasteiger partial charge in [0.25, 0.3) is 6.43 Å². The van der Waals surface area contributed by atoms with Crippen molar-refractivity contribution in [2.45, 2.75) is 19.2 Å². The molecule has 1 rings (SSSR count). The Balaban J connectivity index is 3.44.